The summed E-state index contributed by atoms with van der Waals surface area (Å²) in [5.74, 6) is 0. The summed E-state index contributed by atoms with van der Waals surface area (Å²) in [4.78, 5) is 9.89. The number of hydrogen-bond donors (Lipinski definition) is 1. The van der Waals surface area contributed by atoms with Crippen LogP contribution in [0.5, 0.6) is 0 Å². The van der Waals surface area contributed by atoms with Gasteiger partial charge < -0.3 is 4.43 Å². The van der Waals surface area contributed by atoms with Crippen LogP contribution in [-0.2, 0) is 14.4 Å². The lowest BCUT2D eigenvalue weighted by Gasteiger charge is -2.36. The smallest absolute Gasteiger partial charge is 0.289 e. The molecule has 0 radical (unpaired) electrons. The maximum atomic E-state index is 12.2. The van der Waals surface area contributed by atoms with Crippen molar-refractivity contribution in [3.05, 3.63) is 34.4 Å². The number of nitro groups is 1. The lowest BCUT2D eigenvalue weighted by Crippen LogP contribution is -2.42. The predicted octanol–water partition coefficient (Wildman–Crippen LogP) is 2.89. The molecule has 1 rings (SSSR count). The van der Waals surface area contributed by atoms with Gasteiger partial charge in [0, 0.05) is 19.2 Å². The Hall–Kier alpha value is -1.29. The second-order valence-corrected chi connectivity index (χ2v) is 13.3. The summed E-state index contributed by atoms with van der Waals surface area (Å²) in [5, 5.41) is 11.0. The molecule has 0 saturated carbocycles. The average Bonchev–Trinajstić information content (AvgIpc) is 2.42. The normalized spacial score (nSPS) is 13.1. The van der Waals surface area contributed by atoms with E-state index in [0.29, 0.717) is 0 Å². The van der Waals surface area contributed by atoms with E-state index in [-0.39, 0.29) is 23.1 Å². The first-order valence-corrected chi connectivity index (χ1v) is 11.6. The van der Waals surface area contributed by atoms with Crippen LogP contribution in [0.3, 0.4) is 0 Å². The highest BCUT2D eigenvalue weighted by atomic mass is 32.2. The molecule has 0 heterocycles. The van der Waals surface area contributed by atoms with Gasteiger partial charge in [-0.2, -0.15) is 0 Å². The van der Waals surface area contributed by atoms with Gasteiger partial charge in [-0.1, -0.05) is 32.9 Å². The van der Waals surface area contributed by atoms with E-state index in [1.807, 2.05) is 0 Å². The highest BCUT2D eigenvalue weighted by Crippen LogP contribution is 2.36. The van der Waals surface area contributed by atoms with Crippen LogP contribution in [0.1, 0.15) is 20.8 Å². The summed E-state index contributed by atoms with van der Waals surface area (Å²) in [6, 6.07) is 5.27. The number of nitrogens with one attached hydrogen (secondary N) is 1. The maximum absolute atomic E-state index is 12.2. The molecule has 0 atom stereocenters. The number of hydrogen-bond acceptors (Lipinski definition) is 5. The fourth-order valence-electron chi connectivity index (χ4n) is 1.61. The summed E-state index contributed by atoms with van der Waals surface area (Å²) < 4.78 is 32.7. The molecule has 0 aliphatic rings. The van der Waals surface area contributed by atoms with Crippen molar-refractivity contribution in [2.24, 2.45) is 0 Å². The van der Waals surface area contributed by atoms with E-state index < -0.39 is 29.0 Å². The molecule has 1 aromatic rings. The van der Waals surface area contributed by atoms with Crippen LogP contribution in [0.25, 0.3) is 0 Å². The van der Waals surface area contributed by atoms with Gasteiger partial charge >= 0.3 is 0 Å². The Kier molecular flexibility index (Phi) is 6.08. The fourth-order valence-corrected chi connectivity index (χ4v) is 3.84. The third-order valence-corrected chi connectivity index (χ3v) is 10.1. The number of para-hydroxylation sites is 1. The molecule has 23 heavy (non-hydrogen) atoms. The van der Waals surface area contributed by atoms with Crippen LogP contribution < -0.4 is 4.72 Å². The van der Waals surface area contributed by atoms with Crippen LogP contribution in [0.2, 0.25) is 18.1 Å². The van der Waals surface area contributed by atoms with E-state index in [1.54, 1.807) is 0 Å². The summed E-state index contributed by atoms with van der Waals surface area (Å²) in [6.07, 6.45) is 0. The monoisotopic (exact) mass is 360 g/mol. The van der Waals surface area contributed by atoms with Crippen molar-refractivity contribution in [1.29, 1.82) is 0 Å². The number of nitrogens with zero attached hydrogens (tertiary/aromatic N) is 1. The van der Waals surface area contributed by atoms with Crippen LogP contribution in [0.15, 0.2) is 29.2 Å². The van der Waals surface area contributed by atoms with Gasteiger partial charge in [-0.3, -0.25) is 10.1 Å². The molecule has 0 amide bonds. The first kappa shape index (κ1) is 19.8. The van der Waals surface area contributed by atoms with Gasteiger partial charge in [0.25, 0.3) is 5.69 Å². The van der Waals surface area contributed by atoms with Crippen LogP contribution in [0.4, 0.5) is 5.69 Å². The Bertz CT molecular complexity index is 668. The minimum Gasteiger partial charge on any atom is -0.415 e. The van der Waals surface area contributed by atoms with E-state index in [4.69, 9.17) is 4.43 Å². The van der Waals surface area contributed by atoms with Gasteiger partial charge in [0.1, 0.15) is 0 Å². The third kappa shape index (κ3) is 5.10. The molecular formula is C14H24N2O5SSi. The van der Waals surface area contributed by atoms with Crippen LogP contribution >= 0.6 is 0 Å². The van der Waals surface area contributed by atoms with Gasteiger partial charge in [0.05, 0.1) is 4.92 Å². The first-order valence-electron chi connectivity index (χ1n) is 7.25. The van der Waals surface area contributed by atoms with Crippen LogP contribution in [0, 0.1) is 10.1 Å². The topological polar surface area (TPSA) is 98.5 Å². The Morgan fingerprint density at radius 2 is 1.83 bits per heavy atom. The lowest BCUT2D eigenvalue weighted by atomic mass is 10.2. The molecule has 1 aromatic carbocycles. The highest BCUT2D eigenvalue weighted by Gasteiger charge is 2.37. The Labute approximate surface area is 138 Å². The minimum absolute atomic E-state index is 0.0318. The zero-order chi connectivity index (χ0) is 17.9. The van der Waals surface area contributed by atoms with Gasteiger partial charge in [-0.25, -0.2) is 13.1 Å². The lowest BCUT2D eigenvalue weighted by molar-refractivity contribution is -0.387. The molecule has 0 spiro atoms. The molecule has 9 heteroatoms. The molecule has 0 fully saturated rings. The zero-order valence-corrected chi connectivity index (χ0v) is 15.9. The van der Waals surface area contributed by atoms with Gasteiger partial charge in [-0.05, 0) is 24.2 Å². The van der Waals surface area contributed by atoms with E-state index in [9.17, 15) is 18.5 Å². The molecule has 0 aliphatic carbocycles. The Morgan fingerprint density at radius 1 is 1.26 bits per heavy atom. The molecule has 0 saturated heterocycles. The average molecular weight is 361 g/mol. The number of benzene rings is 1. The number of sulfonamides is 1. The van der Waals surface area contributed by atoms with E-state index in [0.717, 1.165) is 0 Å². The van der Waals surface area contributed by atoms with Gasteiger partial charge in [-0.15, -0.1) is 0 Å². The summed E-state index contributed by atoms with van der Waals surface area (Å²) in [6.45, 7) is 10.7. The fraction of sp³-hybridized carbons (Fsp3) is 0.571. The van der Waals surface area contributed by atoms with Crippen molar-refractivity contribution >= 4 is 24.0 Å². The van der Waals surface area contributed by atoms with Crippen molar-refractivity contribution in [3.63, 3.8) is 0 Å². The molecule has 130 valence electrons. The largest absolute Gasteiger partial charge is 0.415 e. The molecular weight excluding hydrogens is 336 g/mol. The van der Waals surface area contributed by atoms with E-state index >= 15 is 0 Å². The standard InChI is InChI=1S/C14H24N2O5SSi/c1-14(2,3)23(4,5)21-11-10-15-22(19,20)13-9-7-6-8-12(13)16(17)18/h6-9,15H,10-11H2,1-5H3. The van der Waals surface area contributed by atoms with Crippen molar-refractivity contribution in [2.75, 3.05) is 13.2 Å². The first-order chi connectivity index (χ1) is 10.4. The molecule has 0 bridgehead atoms. The summed E-state index contributed by atoms with van der Waals surface area (Å²) >= 11 is 0. The Morgan fingerprint density at radius 3 is 2.35 bits per heavy atom. The predicted molar refractivity (Wildman–Crippen MR) is 91.4 cm³/mol. The molecule has 0 unspecified atom stereocenters. The van der Waals surface area contributed by atoms with Crippen molar-refractivity contribution < 1.29 is 17.8 Å². The van der Waals surface area contributed by atoms with E-state index in [2.05, 4.69) is 38.6 Å². The van der Waals surface area contributed by atoms with Crippen LogP contribution in [-0.4, -0.2) is 34.8 Å². The van der Waals surface area contributed by atoms with Crippen molar-refractivity contribution in [3.8, 4) is 0 Å². The summed E-state index contributed by atoms with van der Waals surface area (Å²) in [5.41, 5.74) is -0.440. The van der Waals surface area contributed by atoms with Crippen molar-refractivity contribution in [1.82, 2.24) is 4.72 Å². The quantitative estimate of drug-likeness (QED) is 0.349. The van der Waals surface area contributed by atoms with Crippen molar-refractivity contribution in [2.45, 2.75) is 43.8 Å². The van der Waals surface area contributed by atoms with Gasteiger partial charge in [0.2, 0.25) is 10.0 Å². The minimum atomic E-state index is -3.95. The Balaban J connectivity index is 2.74. The zero-order valence-electron chi connectivity index (χ0n) is 14.1. The number of nitro benzene ring substituents is 1. The SMILES string of the molecule is CC(C)(C)[Si](C)(C)OCCNS(=O)(=O)c1ccccc1[N+](=O)[O-]. The molecule has 0 aliphatic heterocycles. The maximum Gasteiger partial charge on any atom is 0.289 e. The molecule has 1 N–H and O–H groups in total. The summed E-state index contributed by atoms with van der Waals surface area (Å²) in [7, 11) is -5.90. The third-order valence-electron chi connectivity index (χ3n) is 4.01. The molecule has 0 aromatic heterocycles. The molecule has 7 nitrogen and oxygen atoms in total. The van der Waals surface area contributed by atoms with Gasteiger partial charge in [0.15, 0.2) is 13.2 Å². The number of rotatable bonds is 7. The second kappa shape index (κ2) is 7.08. The second-order valence-electron chi connectivity index (χ2n) is 6.73. The van der Waals surface area contributed by atoms with E-state index in [1.165, 1.54) is 24.3 Å². The highest BCUT2D eigenvalue weighted by molar-refractivity contribution is 7.89.